The summed E-state index contributed by atoms with van der Waals surface area (Å²) in [6, 6.07) is 0. The van der Waals surface area contributed by atoms with Gasteiger partial charge in [0.2, 0.25) is 0 Å². The molecule has 2 fully saturated rings. The van der Waals surface area contributed by atoms with Gasteiger partial charge in [-0.25, -0.2) is 0 Å². The fourth-order valence-corrected chi connectivity index (χ4v) is 4.95. The van der Waals surface area contributed by atoms with Gasteiger partial charge in [-0.3, -0.25) is 0 Å². The van der Waals surface area contributed by atoms with Crippen LogP contribution in [0.2, 0.25) is 19.6 Å². The monoisotopic (exact) mass is 283 g/mol. The van der Waals surface area contributed by atoms with E-state index in [1.165, 1.54) is 12.8 Å². The predicted molar refractivity (Wildman–Crippen MR) is 77.6 cm³/mol. The van der Waals surface area contributed by atoms with Crippen LogP contribution in [0.25, 0.3) is 10.4 Å². The smallest absolute Gasteiger partial charge is 0.184 e. The molecular weight excluding hydrogens is 258 g/mol. The summed E-state index contributed by atoms with van der Waals surface area (Å²) in [5, 5.41) is 3.62. The number of ether oxygens (including phenoxy) is 1. The van der Waals surface area contributed by atoms with Crippen LogP contribution in [0.1, 0.15) is 38.5 Å². The lowest BCUT2D eigenvalue weighted by Gasteiger charge is -2.41. The normalized spacial score (nSPS) is 29.0. The number of rotatable bonds is 7. The Morgan fingerprint density at radius 3 is 2.42 bits per heavy atom. The summed E-state index contributed by atoms with van der Waals surface area (Å²) in [4.78, 5) is 2.81. The molecule has 1 aliphatic carbocycles. The summed E-state index contributed by atoms with van der Waals surface area (Å²) in [6.07, 6.45) is 6.58. The standard InChI is InChI=1S/C13H25N3O2Si/c1-19(2,3)18-12(7-4-5-8-12)13(11-17-13)9-6-10-15-16-14/h4-11H2,1-3H3. The molecule has 2 rings (SSSR count). The van der Waals surface area contributed by atoms with Crippen LogP contribution >= 0.6 is 0 Å². The molecule has 0 aromatic rings. The van der Waals surface area contributed by atoms with E-state index in [0.29, 0.717) is 6.54 Å². The van der Waals surface area contributed by atoms with Crippen molar-refractivity contribution in [3.05, 3.63) is 10.4 Å². The molecule has 1 unspecified atom stereocenters. The van der Waals surface area contributed by atoms with Crippen molar-refractivity contribution < 1.29 is 9.16 Å². The molecule has 0 spiro atoms. The van der Waals surface area contributed by atoms with E-state index in [-0.39, 0.29) is 11.2 Å². The molecule has 1 heterocycles. The lowest BCUT2D eigenvalue weighted by atomic mass is 9.83. The minimum atomic E-state index is -1.58. The van der Waals surface area contributed by atoms with Crippen molar-refractivity contribution in [1.29, 1.82) is 0 Å². The summed E-state index contributed by atoms with van der Waals surface area (Å²) < 4.78 is 12.5. The average Bonchev–Trinajstić information content (AvgIpc) is 2.98. The van der Waals surface area contributed by atoms with Gasteiger partial charge in [0.05, 0.1) is 12.2 Å². The van der Waals surface area contributed by atoms with Crippen molar-refractivity contribution in [2.45, 2.75) is 69.4 Å². The Bertz CT molecular complexity index is 365. The highest BCUT2D eigenvalue weighted by Gasteiger charge is 2.63. The minimum Gasteiger partial charge on any atom is -0.409 e. The quantitative estimate of drug-likeness (QED) is 0.177. The lowest BCUT2D eigenvalue weighted by Crippen LogP contribution is -2.51. The Balaban J connectivity index is 2.04. The molecule has 0 radical (unpaired) electrons. The molecular formula is C13H25N3O2Si. The van der Waals surface area contributed by atoms with Gasteiger partial charge in [0.1, 0.15) is 5.60 Å². The molecule has 1 saturated heterocycles. The summed E-state index contributed by atoms with van der Waals surface area (Å²) in [7, 11) is -1.58. The van der Waals surface area contributed by atoms with Crippen LogP contribution in [-0.2, 0) is 9.16 Å². The molecule has 0 amide bonds. The summed E-state index contributed by atoms with van der Waals surface area (Å²) in [5.74, 6) is 0. The Morgan fingerprint density at radius 1 is 1.32 bits per heavy atom. The van der Waals surface area contributed by atoms with Gasteiger partial charge in [0, 0.05) is 11.5 Å². The molecule has 0 aromatic carbocycles. The molecule has 2 aliphatic rings. The number of hydrogen-bond donors (Lipinski definition) is 0. The van der Waals surface area contributed by atoms with Gasteiger partial charge in [-0.1, -0.05) is 18.0 Å². The molecule has 108 valence electrons. The molecule has 0 N–H and O–H groups in total. The number of azide groups is 1. The van der Waals surface area contributed by atoms with Crippen molar-refractivity contribution in [3.8, 4) is 0 Å². The van der Waals surface area contributed by atoms with Crippen LogP contribution in [0.3, 0.4) is 0 Å². The van der Waals surface area contributed by atoms with Crippen molar-refractivity contribution in [3.63, 3.8) is 0 Å². The average molecular weight is 283 g/mol. The Labute approximate surface area is 116 Å². The fourth-order valence-electron chi connectivity index (χ4n) is 3.39. The van der Waals surface area contributed by atoms with E-state index in [0.717, 1.165) is 32.3 Å². The van der Waals surface area contributed by atoms with Crippen LogP contribution in [0, 0.1) is 0 Å². The molecule has 6 heteroatoms. The number of nitrogens with zero attached hydrogens (tertiary/aromatic N) is 3. The van der Waals surface area contributed by atoms with Crippen molar-refractivity contribution >= 4 is 8.32 Å². The van der Waals surface area contributed by atoms with E-state index >= 15 is 0 Å². The maximum absolute atomic E-state index is 8.33. The van der Waals surface area contributed by atoms with Gasteiger partial charge in [-0.2, -0.15) is 0 Å². The zero-order valence-corrected chi connectivity index (χ0v) is 13.3. The second-order valence-electron chi connectivity index (χ2n) is 6.76. The van der Waals surface area contributed by atoms with E-state index in [1.54, 1.807) is 0 Å². The second-order valence-corrected chi connectivity index (χ2v) is 11.2. The highest BCUT2D eigenvalue weighted by Crippen LogP contribution is 2.53. The second kappa shape index (κ2) is 5.44. The minimum absolute atomic E-state index is 0.0617. The molecule has 0 aromatic heterocycles. The van der Waals surface area contributed by atoms with Gasteiger partial charge in [0.25, 0.3) is 0 Å². The summed E-state index contributed by atoms with van der Waals surface area (Å²) in [6.45, 7) is 8.13. The zero-order valence-electron chi connectivity index (χ0n) is 12.3. The first-order valence-electron chi connectivity index (χ1n) is 7.28. The first-order chi connectivity index (χ1) is 8.93. The van der Waals surface area contributed by atoms with E-state index < -0.39 is 8.32 Å². The molecule has 1 aliphatic heterocycles. The molecule has 19 heavy (non-hydrogen) atoms. The Morgan fingerprint density at radius 2 is 1.95 bits per heavy atom. The van der Waals surface area contributed by atoms with Crippen LogP contribution in [0.4, 0.5) is 0 Å². The highest BCUT2D eigenvalue weighted by molar-refractivity contribution is 6.69. The summed E-state index contributed by atoms with van der Waals surface area (Å²) >= 11 is 0. The third-order valence-corrected chi connectivity index (χ3v) is 5.14. The number of hydrogen-bond acceptors (Lipinski definition) is 3. The van der Waals surface area contributed by atoms with Gasteiger partial charge >= 0.3 is 0 Å². The third kappa shape index (κ3) is 3.31. The van der Waals surface area contributed by atoms with E-state index in [2.05, 4.69) is 29.7 Å². The van der Waals surface area contributed by atoms with Crippen LogP contribution in [-0.4, -0.2) is 32.7 Å². The SMILES string of the molecule is C[Si](C)(C)OC1(C2(CCCN=[N+]=[N-])CO2)CCCC1. The topological polar surface area (TPSA) is 70.5 Å². The summed E-state index contributed by atoms with van der Waals surface area (Å²) in [5.41, 5.74) is 8.18. The van der Waals surface area contributed by atoms with Crippen LogP contribution in [0.15, 0.2) is 5.11 Å². The first kappa shape index (κ1) is 14.8. The highest BCUT2D eigenvalue weighted by atomic mass is 28.4. The molecule has 0 bridgehead atoms. The van der Waals surface area contributed by atoms with Crippen LogP contribution in [0.5, 0.6) is 0 Å². The van der Waals surface area contributed by atoms with E-state index in [9.17, 15) is 0 Å². The van der Waals surface area contributed by atoms with Gasteiger partial charge < -0.3 is 9.16 Å². The van der Waals surface area contributed by atoms with Crippen molar-refractivity contribution in [2.75, 3.05) is 13.2 Å². The first-order valence-corrected chi connectivity index (χ1v) is 10.7. The Hall–Kier alpha value is -0.553. The fraction of sp³-hybridized carbons (Fsp3) is 1.00. The third-order valence-electron chi connectivity index (χ3n) is 4.14. The van der Waals surface area contributed by atoms with E-state index in [1.807, 2.05) is 0 Å². The van der Waals surface area contributed by atoms with Gasteiger partial charge in [-0.05, 0) is 50.9 Å². The van der Waals surface area contributed by atoms with Gasteiger partial charge in [-0.15, -0.1) is 0 Å². The van der Waals surface area contributed by atoms with Crippen molar-refractivity contribution in [1.82, 2.24) is 0 Å². The van der Waals surface area contributed by atoms with Gasteiger partial charge in [0.15, 0.2) is 8.32 Å². The molecule has 5 nitrogen and oxygen atoms in total. The Kier molecular flexibility index (Phi) is 4.25. The van der Waals surface area contributed by atoms with E-state index in [4.69, 9.17) is 14.7 Å². The largest absolute Gasteiger partial charge is 0.409 e. The number of epoxide rings is 1. The maximum atomic E-state index is 8.33. The van der Waals surface area contributed by atoms with Crippen LogP contribution < -0.4 is 0 Å². The predicted octanol–water partition coefficient (Wildman–Crippen LogP) is 4.01. The van der Waals surface area contributed by atoms with Crippen molar-refractivity contribution in [2.24, 2.45) is 5.11 Å². The molecule has 1 atom stereocenters. The lowest BCUT2D eigenvalue weighted by molar-refractivity contribution is -0.0199. The maximum Gasteiger partial charge on any atom is 0.184 e. The molecule has 1 saturated carbocycles. The zero-order chi connectivity index (χ0) is 14.0.